The van der Waals surface area contributed by atoms with Crippen LogP contribution >= 0.6 is 0 Å². The summed E-state index contributed by atoms with van der Waals surface area (Å²) in [7, 11) is 0. The predicted octanol–water partition coefficient (Wildman–Crippen LogP) is 1.03. The van der Waals surface area contributed by atoms with Crippen LogP contribution in [0.5, 0.6) is 0 Å². The maximum Gasteiger partial charge on any atom is 0.241 e. The molecule has 5 nitrogen and oxygen atoms in total. The molecule has 1 aromatic rings. The summed E-state index contributed by atoms with van der Waals surface area (Å²) in [5.74, 6) is 0.0195. The van der Waals surface area contributed by atoms with Crippen molar-refractivity contribution in [1.82, 2.24) is 10.2 Å². The van der Waals surface area contributed by atoms with Gasteiger partial charge in [-0.15, -0.1) is 0 Å². The van der Waals surface area contributed by atoms with E-state index in [9.17, 15) is 4.79 Å². The van der Waals surface area contributed by atoms with Gasteiger partial charge in [-0.1, -0.05) is 20.3 Å². The van der Waals surface area contributed by atoms with E-state index in [4.69, 9.17) is 5.73 Å². The van der Waals surface area contributed by atoms with Crippen molar-refractivity contribution in [1.29, 1.82) is 0 Å². The number of carbonyl (C=O) groups is 1. The average molecular weight is 210 g/mol. The van der Waals surface area contributed by atoms with E-state index in [-0.39, 0.29) is 11.8 Å². The Morgan fingerprint density at radius 3 is 2.87 bits per heavy atom. The van der Waals surface area contributed by atoms with Crippen LogP contribution in [0, 0.1) is 12.8 Å². The van der Waals surface area contributed by atoms with E-state index >= 15 is 0 Å². The molecule has 1 rings (SSSR count). The van der Waals surface area contributed by atoms with Crippen molar-refractivity contribution in [3.05, 3.63) is 11.9 Å². The third kappa shape index (κ3) is 2.79. The molecular formula is C10H18N4O. The summed E-state index contributed by atoms with van der Waals surface area (Å²) in [6.45, 7) is 5.82. The molecule has 0 saturated carbocycles. The Kier molecular flexibility index (Phi) is 3.85. The van der Waals surface area contributed by atoms with Crippen molar-refractivity contribution in [3.63, 3.8) is 0 Å². The van der Waals surface area contributed by atoms with E-state index < -0.39 is 6.04 Å². The van der Waals surface area contributed by atoms with Gasteiger partial charge < -0.3 is 11.1 Å². The number of nitrogens with one attached hydrogen (secondary N) is 2. The zero-order valence-electron chi connectivity index (χ0n) is 9.37. The minimum absolute atomic E-state index is 0.158. The maximum atomic E-state index is 11.7. The van der Waals surface area contributed by atoms with Crippen molar-refractivity contribution in [2.75, 3.05) is 5.32 Å². The molecule has 0 aromatic carbocycles. The molecule has 4 N–H and O–H groups in total. The lowest BCUT2D eigenvalue weighted by molar-refractivity contribution is -0.118. The third-order valence-electron chi connectivity index (χ3n) is 2.65. The second-order valence-corrected chi connectivity index (χ2v) is 3.81. The molecular weight excluding hydrogens is 192 g/mol. The van der Waals surface area contributed by atoms with Crippen LogP contribution in [0.3, 0.4) is 0 Å². The predicted molar refractivity (Wildman–Crippen MR) is 59.4 cm³/mol. The number of aromatic amines is 1. The highest BCUT2D eigenvalue weighted by Gasteiger charge is 2.20. The van der Waals surface area contributed by atoms with Gasteiger partial charge in [0.05, 0.1) is 23.6 Å². The van der Waals surface area contributed by atoms with E-state index in [2.05, 4.69) is 15.5 Å². The minimum Gasteiger partial charge on any atom is -0.322 e. The summed E-state index contributed by atoms with van der Waals surface area (Å²) < 4.78 is 0. The van der Waals surface area contributed by atoms with E-state index in [1.165, 1.54) is 0 Å². The van der Waals surface area contributed by atoms with Crippen LogP contribution < -0.4 is 11.1 Å². The van der Waals surface area contributed by atoms with Gasteiger partial charge in [-0.05, 0) is 12.8 Å². The van der Waals surface area contributed by atoms with Gasteiger partial charge >= 0.3 is 0 Å². The standard InChI is InChI=1S/C10H18N4O/c1-4-6(2)9(11)10(15)13-8-5-12-14-7(8)3/h5-6,9H,4,11H2,1-3H3,(H,12,14)(H,13,15)/t6-,9-/m0/s1. The van der Waals surface area contributed by atoms with Gasteiger partial charge in [0, 0.05) is 0 Å². The Labute approximate surface area is 89.4 Å². The minimum atomic E-state index is -0.468. The van der Waals surface area contributed by atoms with Crippen molar-refractivity contribution in [2.24, 2.45) is 11.7 Å². The summed E-state index contributed by atoms with van der Waals surface area (Å²) in [5.41, 5.74) is 7.32. The Morgan fingerprint density at radius 1 is 1.73 bits per heavy atom. The Bertz CT molecular complexity index is 334. The van der Waals surface area contributed by atoms with Crippen LogP contribution in [-0.2, 0) is 4.79 Å². The smallest absolute Gasteiger partial charge is 0.241 e. The van der Waals surface area contributed by atoms with Crippen LogP contribution in [-0.4, -0.2) is 22.1 Å². The van der Waals surface area contributed by atoms with Crippen molar-refractivity contribution < 1.29 is 4.79 Å². The van der Waals surface area contributed by atoms with Gasteiger partial charge in [-0.3, -0.25) is 9.89 Å². The number of hydrogen-bond acceptors (Lipinski definition) is 3. The summed E-state index contributed by atoms with van der Waals surface area (Å²) in [6, 6.07) is -0.468. The first-order valence-electron chi connectivity index (χ1n) is 5.12. The van der Waals surface area contributed by atoms with Gasteiger partial charge in [-0.25, -0.2) is 0 Å². The van der Waals surface area contributed by atoms with Crippen LogP contribution in [0.15, 0.2) is 6.20 Å². The van der Waals surface area contributed by atoms with Crippen LogP contribution in [0.25, 0.3) is 0 Å². The molecule has 1 amide bonds. The molecule has 5 heteroatoms. The molecule has 0 bridgehead atoms. The number of rotatable bonds is 4. The SMILES string of the molecule is CC[C@H](C)[C@H](N)C(=O)Nc1cn[nH]c1C. The topological polar surface area (TPSA) is 83.8 Å². The average Bonchev–Trinajstić information content (AvgIpc) is 2.62. The fourth-order valence-electron chi connectivity index (χ4n) is 1.21. The van der Waals surface area contributed by atoms with Crippen LogP contribution in [0.4, 0.5) is 5.69 Å². The van der Waals surface area contributed by atoms with Gasteiger partial charge in [0.2, 0.25) is 5.91 Å². The molecule has 0 radical (unpaired) electrons. The molecule has 0 aliphatic heterocycles. The van der Waals surface area contributed by atoms with Crippen molar-refractivity contribution >= 4 is 11.6 Å². The van der Waals surface area contributed by atoms with E-state index in [0.717, 1.165) is 12.1 Å². The summed E-state index contributed by atoms with van der Waals surface area (Å²) in [4.78, 5) is 11.7. The number of carbonyl (C=O) groups excluding carboxylic acids is 1. The summed E-state index contributed by atoms with van der Waals surface area (Å²) in [5, 5.41) is 9.32. The van der Waals surface area contributed by atoms with Gasteiger partial charge in [0.15, 0.2) is 0 Å². The molecule has 0 aliphatic rings. The molecule has 0 aliphatic carbocycles. The van der Waals surface area contributed by atoms with E-state index in [0.29, 0.717) is 5.69 Å². The molecule has 15 heavy (non-hydrogen) atoms. The largest absolute Gasteiger partial charge is 0.322 e. The molecule has 84 valence electrons. The Balaban J connectivity index is 2.60. The highest BCUT2D eigenvalue weighted by molar-refractivity contribution is 5.95. The normalized spacial score (nSPS) is 14.7. The zero-order chi connectivity index (χ0) is 11.4. The molecule has 1 heterocycles. The molecule has 2 atom stereocenters. The molecule has 0 spiro atoms. The van der Waals surface area contributed by atoms with E-state index in [1.54, 1.807) is 6.20 Å². The van der Waals surface area contributed by atoms with Crippen LogP contribution in [0.1, 0.15) is 26.0 Å². The van der Waals surface area contributed by atoms with Crippen molar-refractivity contribution in [3.8, 4) is 0 Å². The van der Waals surface area contributed by atoms with Gasteiger partial charge in [-0.2, -0.15) is 5.10 Å². The third-order valence-corrected chi connectivity index (χ3v) is 2.65. The molecule has 1 aromatic heterocycles. The summed E-state index contributed by atoms with van der Waals surface area (Å²) in [6.07, 6.45) is 2.47. The number of anilines is 1. The van der Waals surface area contributed by atoms with Gasteiger partial charge in [0.25, 0.3) is 0 Å². The number of H-pyrrole nitrogens is 1. The fourth-order valence-corrected chi connectivity index (χ4v) is 1.21. The highest BCUT2D eigenvalue weighted by Crippen LogP contribution is 2.12. The lowest BCUT2D eigenvalue weighted by Crippen LogP contribution is -2.40. The zero-order valence-corrected chi connectivity index (χ0v) is 9.37. The molecule has 0 saturated heterocycles. The fraction of sp³-hybridized carbons (Fsp3) is 0.600. The number of nitrogens with zero attached hydrogens (tertiary/aromatic N) is 1. The Morgan fingerprint density at radius 2 is 2.40 bits per heavy atom. The number of aryl methyl sites for hydroxylation is 1. The summed E-state index contributed by atoms with van der Waals surface area (Å²) >= 11 is 0. The van der Waals surface area contributed by atoms with Gasteiger partial charge in [0.1, 0.15) is 0 Å². The van der Waals surface area contributed by atoms with Crippen molar-refractivity contribution in [2.45, 2.75) is 33.2 Å². The monoisotopic (exact) mass is 210 g/mol. The number of hydrogen-bond donors (Lipinski definition) is 3. The molecule has 0 unspecified atom stereocenters. The Hall–Kier alpha value is -1.36. The number of amides is 1. The first-order valence-corrected chi connectivity index (χ1v) is 5.12. The quantitative estimate of drug-likeness (QED) is 0.694. The lowest BCUT2D eigenvalue weighted by atomic mass is 9.99. The highest BCUT2D eigenvalue weighted by atomic mass is 16.2. The first kappa shape index (κ1) is 11.7. The van der Waals surface area contributed by atoms with Crippen LogP contribution in [0.2, 0.25) is 0 Å². The molecule has 0 fully saturated rings. The number of aromatic nitrogens is 2. The van der Waals surface area contributed by atoms with E-state index in [1.807, 2.05) is 20.8 Å². The maximum absolute atomic E-state index is 11.7. The second kappa shape index (κ2) is 4.93. The number of nitrogens with two attached hydrogens (primary N) is 1. The first-order chi connectivity index (χ1) is 7.06. The second-order valence-electron chi connectivity index (χ2n) is 3.81. The lowest BCUT2D eigenvalue weighted by Gasteiger charge is -2.17.